The first-order valence-electron chi connectivity index (χ1n) is 7.81. The summed E-state index contributed by atoms with van der Waals surface area (Å²) in [7, 11) is 0. The van der Waals surface area contributed by atoms with Crippen molar-refractivity contribution in [1.82, 2.24) is 14.9 Å². The zero-order chi connectivity index (χ0) is 14.7. The average molecular weight is 289 g/mol. The van der Waals surface area contributed by atoms with E-state index in [1.54, 1.807) is 12.4 Å². The Morgan fingerprint density at radius 3 is 2.81 bits per heavy atom. The van der Waals surface area contributed by atoms with E-state index in [0.29, 0.717) is 11.9 Å². The van der Waals surface area contributed by atoms with Crippen LogP contribution in [0.25, 0.3) is 0 Å². The molecule has 0 unspecified atom stereocenters. The fourth-order valence-electron chi connectivity index (χ4n) is 3.32. The van der Waals surface area contributed by atoms with Crippen LogP contribution in [-0.2, 0) is 4.79 Å². The molecule has 2 fully saturated rings. The van der Waals surface area contributed by atoms with Gasteiger partial charge in [0.25, 0.3) is 0 Å². The van der Waals surface area contributed by atoms with E-state index in [0.717, 1.165) is 18.9 Å². The standard InChI is InChI=1S/C15H23N5O/c1-12(21)17-14-9-16-10-15(18-14)20-8-4-5-13(11-20)19-6-2-3-7-19/h9-10,13H,2-8,11H2,1H3,(H,17,18,21)/t13-/m0/s1. The maximum atomic E-state index is 11.1. The van der Waals surface area contributed by atoms with Crippen LogP contribution in [-0.4, -0.2) is 53.0 Å². The number of rotatable bonds is 3. The number of hydrogen-bond donors (Lipinski definition) is 1. The van der Waals surface area contributed by atoms with Crippen LogP contribution in [0.4, 0.5) is 11.6 Å². The molecule has 1 N–H and O–H groups in total. The first-order chi connectivity index (χ1) is 10.2. The van der Waals surface area contributed by atoms with Gasteiger partial charge in [-0.3, -0.25) is 14.7 Å². The molecular weight excluding hydrogens is 266 g/mol. The Morgan fingerprint density at radius 2 is 2.05 bits per heavy atom. The van der Waals surface area contributed by atoms with Gasteiger partial charge in [0, 0.05) is 26.1 Å². The van der Waals surface area contributed by atoms with Crippen molar-refractivity contribution in [2.75, 3.05) is 36.4 Å². The molecule has 0 bridgehead atoms. The van der Waals surface area contributed by atoms with Crippen molar-refractivity contribution in [3.63, 3.8) is 0 Å². The van der Waals surface area contributed by atoms with E-state index in [9.17, 15) is 4.79 Å². The molecule has 0 aromatic carbocycles. The second kappa shape index (κ2) is 6.39. The Labute approximate surface area is 125 Å². The molecule has 2 saturated heterocycles. The molecule has 0 radical (unpaired) electrons. The summed E-state index contributed by atoms with van der Waals surface area (Å²) < 4.78 is 0. The molecule has 21 heavy (non-hydrogen) atoms. The highest BCUT2D eigenvalue weighted by molar-refractivity contribution is 5.87. The summed E-state index contributed by atoms with van der Waals surface area (Å²) in [5.74, 6) is 1.28. The van der Waals surface area contributed by atoms with Crippen molar-refractivity contribution in [3.8, 4) is 0 Å². The molecular formula is C15H23N5O. The zero-order valence-corrected chi connectivity index (χ0v) is 12.6. The molecule has 1 aromatic rings. The number of nitrogens with one attached hydrogen (secondary N) is 1. The van der Waals surface area contributed by atoms with Gasteiger partial charge in [-0.15, -0.1) is 0 Å². The predicted molar refractivity (Wildman–Crippen MR) is 82.4 cm³/mol. The van der Waals surface area contributed by atoms with Crippen molar-refractivity contribution in [2.45, 2.75) is 38.6 Å². The number of likely N-dealkylation sites (tertiary alicyclic amines) is 1. The Morgan fingerprint density at radius 1 is 1.24 bits per heavy atom. The van der Waals surface area contributed by atoms with Gasteiger partial charge >= 0.3 is 0 Å². The lowest BCUT2D eigenvalue weighted by atomic mass is 10.0. The quantitative estimate of drug-likeness (QED) is 0.913. The normalized spacial score (nSPS) is 23.3. The van der Waals surface area contributed by atoms with Crippen molar-refractivity contribution in [2.24, 2.45) is 0 Å². The topological polar surface area (TPSA) is 61.4 Å². The minimum Gasteiger partial charge on any atom is -0.354 e. The van der Waals surface area contributed by atoms with Crippen LogP contribution in [0, 0.1) is 0 Å². The second-order valence-electron chi connectivity index (χ2n) is 5.93. The Balaban J connectivity index is 1.69. The van der Waals surface area contributed by atoms with E-state index in [-0.39, 0.29) is 5.91 Å². The van der Waals surface area contributed by atoms with E-state index in [1.165, 1.54) is 45.7 Å². The van der Waals surface area contributed by atoms with Crippen LogP contribution in [0.2, 0.25) is 0 Å². The van der Waals surface area contributed by atoms with E-state index >= 15 is 0 Å². The molecule has 2 aliphatic rings. The first kappa shape index (κ1) is 14.3. The van der Waals surface area contributed by atoms with Gasteiger partial charge in [0.1, 0.15) is 5.82 Å². The van der Waals surface area contributed by atoms with Crippen molar-refractivity contribution < 1.29 is 4.79 Å². The molecule has 3 rings (SSSR count). The summed E-state index contributed by atoms with van der Waals surface area (Å²) in [6.45, 7) is 5.98. The van der Waals surface area contributed by atoms with Gasteiger partial charge in [-0.1, -0.05) is 0 Å². The maximum absolute atomic E-state index is 11.1. The molecule has 114 valence electrons. The summed E-state index contributed by atoms with van der Waals surface area (Å²) in [5, 5.41) is 2.70. The fraction of sp³-hybridized carbons (Fsp3) is 0.667. The number of anilines is 2. The van der Waals surface area contributed by atoms with E-state index in [1.807, 2.05) is 0 Å². The van der Waals surface area contributed by atoms with Crippen LogP contribution in [0.5, 0.6) is 0 Å². The summed E-state index contributed by atoms with van der Waals surface area (Å²) in [6.07, 6.45) is 8.50. The third-order valence-corrected chi connectivity index (χ3v) is 4.30. The number of amides is 1. The van der Waals surface area contributed by atoms with E-state index in [4.69, 9.17) is 0 Å². The zero-order valence-electron chi connectivity index (χ0n) is 12.6. The summed E-state index contributed by atoms with van der Waals surface area (Å²) in [5.41, 5.74) is 0. The summed E-state index contributed by atoms with van der Waals surface area (Å²) in [6, 6.07) is 0.632. The lowest BCUT2D eigenvalue weighted by molar-refractivity contribution is -0.114. The minimum atomic E-state index is -0.116. The smallest absolute Gasteiger partial charge is 0.222 e. The molecule has 3 heterocycles. The summed E-state index contributed by atoms with van der Waals surface area (Å²) in [4.78, 5) is 24.7. The minimum absolute atomic E-state index is 0.116. The second-order valence-corrected chi connectivity index (χ2v) is 5.93. The van der Waals surface area contributed by atoms with Gasteiger partial charge in [-0.25, -0.2) is 4.98 Å². The number of piperidine rings is 1. The largest absolute Gasteiger partial charge is 0.354 e. The Hall–Kier alpha value is -1.69. The highest BCUT2D eigenvalue weighted by Crippen LogP contribution is 2.23. The van der Waals surface area contributed by atoms with E-state index < -0.39 is 0 Å². The van der Waals surface area contributed by atoms with Gasteiger partial charge in [0.05, 0.1) is 12.4 Å². The van der Waals surface area contributed by atoms with Crippen LogP contribution < -0.4 is 10.2 Å². The number of hydrogen-bond acceptors (Lipinski definition) is 5. The van der Waals surface area contributed by atoms with Gasteiger partial charge in [0.2, 0.25) is 5.91 Å². The molecule has 1 aromatic heterocycles. The van der Waals surface area contributed by atoms with Crippen molar-refractivity contribution in [1.29, 1.82) is 0 Å². The monoisotopic (exact) mass is 289 g/mol. The highest BCUT2D eigenvalue weighted by Gasteiger charge is 2.27. The molecule has 6 heteroatoms. The van der Waals surface area contributed by atoms with Gasteiger partial charge in [-0.2, -0.15) is 0 Å². The van der Waals surface area contributed by atoms with Gasteiger partial charge < -0.3 is 10.2 Å². The van der Waals surface area contributed by atoms with Crippen LogP contribution >= 0.6 is 0 Å². The molecule has 0 saturated carbocycles. The van der Waals surface area contributed by atoms with Crippen LogP contribution in [0.1, 0.15) is 32.6 Å². The number of carbonyl (C=O) groups excluding carboxylic acids is 1. The SMILES string of the molecule is CC(=O)Nc1cncc(N2CCC[C@H](N3CCCC3)C2)n1. The average Bonchev–Trinajstić information content (AvgIpc) is 3.01. The van der Waals surface area contributed by atoms with Gasteiger partial charge in [-0.05, 0) is 38.8 Å². The lowest BCUT2D eigenvalue weighted by Crippen LogP contribution is -2.47. The predicted octanol–water partition coefficient (Wildman–Crippen LogP) is 1.50. The van der Waals surface area contributed by atoms with Crippen LogP contribution in [0.15, 0.2) is 12.4 Å². The molecule has 0 spiro atoms. The van der Waals surface area contributed by atoms with Crippen molar-refractivity contribution >= 4 is 17.5 Å². The third-order valence-electron chi connectivity index (χ3n) is 4.30. The lowest BCUT2D eigenvalue weighted by Gasteiger charge is -2.38. The Bertz CT molecular complexity index is 501. The van der Waals surface area contributed by atoms with Gasteiger partial charge in [0.15, 0.2) is 5.82 Å². The maximum Gasteiger partial charge on any atom is 0.222 e. The third kappa shape index (κ3) is 3.50. The molecule has 1 amide bonds. The highest BCUT2D eigenvalue weighted by atomic mass is 16.1. The number of nitrogens with zero attached hydrogens (tertiary/aromatic N) is 4. The van der Waals surface area contributed by atoms with Crippen LogP contribution in [0.3, 0.4) is 0 Å². The Kier molecular flexibility index (Phi) is 4.34. The molecule has 2 aliphatic heterocycles. The molecule has 1 atom stereocenters. The first-order valence-corrected chi connectivity index (χ1v) is 7.81. The number of carbonyl (C=O) groups is 1. The van der Waals surface area contributed by atoms with E-state index in [2.05, 4.69) is 25.1 Å². The van der Waals surface area contributed by atoms with Crippen molar-refractivity contribution in [3.05, 3.63) is 12.4 Å². The fourth-order valence-corrected chi connectivity index (χ4v) is 3.32. The summed E-state index contributed by atoms with van der Waals surface area (Å²) >= 11 is 0. The number of aromatic nitrogens is 2. The molecule has 0 aliphatic carbocycles. The molecule has 6 nitrogen and oxygen atoms in total.